The first kappa shape index (κ1) is 11.5. The van der Waals surface area contributed by atoms with Crippen LogP contribution in [0.3, 0.4) is 0 Å². The molecule has 0 spiro atoms. The smallest absolute Gasteiger partial charge is 0.358 e. The van der Waals surface area contributed by atoms with E-state index in [1.165, 1.54) is 4.68 Å². The van der Waals surface area contributed by atoms with Crippen LogP contribution in [-0.2, 0) is 6.54 Å². The minimum Gasteiger partial charge on any atom is -0.504 e. The lowest BCUT2D eigenvalue weighted by Crippen LogP contribution is -2.11. The van der Waals surface area contributed by atoms with Crippen LogP contribution in [0.25, 0.3) is 0 Å². The molecular formula is C11H9ClN2O3. The SMILES string of the molecule is O=C(O)c1c(O)cnn1Cc1cccc(Cl)c1. The number of carboxylic acid groups (broad SMARTS) is 1. The van der Waals surface area contributed by atoms with Crippen LogP contribution in [0.1, 0.15) is 16.1 Å². The van der Waals surface area contributed by atoms with Crippen molar-refractivity contribution in [3.63, 3.8) is 0 Å². The summed E-state index contributed by atoms with van der Waals surface area (Å²) in [6.07, 6.45) is 1.11. The van der Waals surface area contributed by atoms with Gasteiger partial charge in [-0.25, -0.2) is 4.79 Å². The van der Waals surface area contributed by atoms with E-state index >= 15 is 0 Å². The summed E-state index contributed by atoms with van der Waals surface area (Å²) in [4.78, 5) is 10.9. The number of carboxylic acids is 1. The summed E-state index contributed by atoms with van der Waals surface area (Å²) >= 11 is 5.82. The summed E-state index contributed by atoms with van der Waals surface area (Å²) in [6.45, 7) is 0.239. The molecule has 0 bridgehead atoms. The number of rotatable bonds is 3. The number of halogens is 1. The van der Waals surface area contributed by atoms with Gasteiger partial charge in [-0.2, -0.15) is 5.10 Å². The summed E-state index contributed by atoms with van der Waals surface area (Å²) in [6, 6.07) is 7.01. The fourth-order valence-corrected chi connectivity index (χ4v) is 1.74. The molecule has 0 atom stereocenters. The Morgan fingerprint density at radius 3 is 2.88 bits per heavy atom. The molecule has 0 fully saturated rings. The zero-order valence-corrected chi connectivity index (χ0v) is 9.42. The lowest BCUT2D eigenvalue weighted by molar-refractivity contribution is 0.0680. The van der Waals surface area contributed by atoms with E-state index in [0.717, 1.165) is 11.8 Å². The Bertz CT molecular complexity index is 566. The molecule has 6 heteroatoms. The molecule has 1 aromatic heterocycles. The highest BCUT2D eigenvalue weighted by molar-refractivity contribution is 6.30. The Kier molecular flexibility index (Phi) is 3.01. The molecule has 17 heavy (non-hydrogen) atoms. The first-order valence-corrected chi connectivity index (χ1v) is 5.18. The lowest BCUT2D eigenvalue weighted by Gasteiger charge is -2.05. The Labute approximate surface area is 102 Å². The van der Waals surface area contributed by atoms with Gasteiger partial charge in [-0.05, 0) is 17.7 Å². The number of nitrogens with zero attached hydrogens (tertiary/aromatic N) is 2. The van der Waals surface area contributed by atoms with Crippen LogP contribution in [0.5, 0.6) is 5.75 Å². The maximum absolute atomic E-state index is 10.9. The van der Waals surface area contributed by atoms with Gasteiger partial charge in [0.1, 0.15) is 0 Å². The van der Waals surface area contributed by atoms with Gasteiger partial charge in [0.05, 0.1) is 12.7 Å². The second-order valence-electron chi connectivity index (χ2n) is 3.47. The van der Waals surface area contributed by atoms with Crippen LogP contribution in [0.15, 0.2) is 30.5 Å². The van der Waals surface area contributed by atoms with Crippen LogP contribution in [0.4, 0.5) is 0 Å². The molecule has 0 aliphatic rings. The van der Waals surface area contributed by atoms with E-state index in [-0.39, 0.29) is 18.0 Å². The third-order valence-corrected chi connectivity index (χ3v) is 2.48. The van der Waals surface area contributed by atoms with E-state index in [2.05, 4.69) is 5.10 Å². The van der Waals surface area contributed by atoms with Gasteiger partial charge in [-0.3, -0.25) is 4.68 Å². The fraction of sp³-hybridized carbons (Fsp3) is 0.0909. The molecule has 0 saturated heterocycles. The molecule has 0 saturated carbocycles. The first-order valence-electron chi connectivity index (χ1n) is 4.80. The number of hydrogen-bond acceptors (Lipinski definition) is 3. The van der Waals surface area contributed by atoms with Crippen molar-refractivity contribution in [1.82, 2.24) is 9.78 Å². The Hall–Kier alpha value is -2.01. The number of benzene rings is 1. The summed E-state index contributed by atoms with van der Waals surface area (Å²) < 4.78 is 1.21. The third kappa shape index (κ3) is 2.39. The van der Waals surface area contributed by atoms with E-state index in [9.17, 15) is 9.90 Å². The maximum atomic E-state index is 10.9. The third-order valence-electron chi connectivity index (χ3n) is 2.24. The van der Waals surface area contributed by atoms with E-state index < -0.39 is 5.97 Å². The van der Waals surface area contributed by atoms with E-state index in [1.807, 2.05) is 0 Å². The molecule has 5 nitrogen and oxygen atoms in total. The molecule has 0 amide bonds. The topological polar surface area (TPSA) is 75.3 Å². The van der Waals surface area contributed by atoms with Gasteiger partial charge in [0.15, 0.2) is 11.4 Å². The molecule has 2 N–H and O–H groups in total. The average Bonchev–Trinajstić information content (AvgIpc) is 2.59. The molecule has 2 aromatic rings. The quantitative estimate of drug-likeness (QED) is 0.876. The summed E-state index contributed by atoms with van der Waals surface area (Å²) in [5.41, 5.74) is 0.577. The molecule has 1 aromatic carbocycles. The van der Waals surface area contributed by atoms with Crippen LogP contribution in [0, 0.1) is 0 Å². The van der Waals surface area contributed by atoms with Crippen LogP contribution < -0.4 is 0 Å². The molecular weight excluding hydrogens is 244 g/mol. The monoisotopic (exact) mass is 252 g/mol. The molecule has 0 unspecified atom stereocenters. The van der Waals surface area contributed by atoms with Crippen LogP contribution in [0.2, 0.25) is 5.02 Å². The van der Waals surface area contributed by atoms with Crippen molar-refractivity contribution in [2.75, 3.05) is 0 Å². The minimum absolute atomic E-state index is 0.232. The average molecular weight is 253 g/mol. The number of hydrogen-bond donors (Lipinski definition) is 2. The Morgan fingerprint density at radius 2 is 2.24 bits per heavy atom. The van der Waals surface area contributed by atoms with Gasteiger partial charge < -0.3 is 10.2 Å². The van der Waals surface area contributed by atoms with Gasteiger partial charge in [-0.15, -0.1) is 0 Å². The second kappa shape index (κ2) is 4.47. The fourth-order valence-electron chi connectivity index (χ4n) is 1.52. The van der Waals surface area contributed by atoms with Crippen molar-refractivity contribution in [1.29, 1.82) is 0 Å². The summed E-state index contributed by atoms with van der Waals surface area (Å²) in [5.74, 6) is -1.57. The summed E-state index contributed by atoms with van der Waals surface area (Å²) in [7, 11) is 0. The Balaban J connectivity index is 2.33. The highest BCUT2D eigenvalue weighted by Crippen LogP contribution is 2.18. The van der Waals surface area contributed by atoms with Gasteiger partial charge in [0.2, 0.25) is 0 Å². The minimum atomic E-state index is -1.22. The molecule has 88 valence electrons. The molecule has 0 radical (unpaired) electrons. The lowest BCUT2D eigenvalue weighted by atomic mass is 10.2. The maximum Gasteiger partial charge on any atom is 0.358 e. The highest BCUT2D eigenvalue weighted by atomic mass is 35.5. The number of aromatic carboxylic acids is 1. The van der Waals surface area contributed by atoms with Gasteiger partial charge in [-0.1, -0.05) is 23.7 Å². The molecule has 2 rings (SSSR count). The number of aromatic hydroxyl groups is 1. The predicted molar refractivity (Wildman–Crippen MR) is 61.4 cm³/mol. The second-order valence-corrected chi connectivity index (χ2v) is 3.91. The van der Waals surface area contributed by atoms with Crippen molar-refractivity contribution >= 4 is 17.6 Å². The van der Waals surface area contributed by atoms with Crippen molar-refractivity contribution in [2.45, 2.75) is 6.54 Å². The zero-order valence-electron chi connectivity index (χ0n) is 8.67. The zero-order chi connectivity index (χ0) is 12.4. The van der Waals surface area contributed by atoms with E-state index in [4.69, 9.17) is 16.7 Å². The van der Waals surface area contributed by atoms with E-state index in [1.54, 1.807) is 24.3 Å². The van der Waals surface area contributed by atoms with Crippen molar-refractivity contribution in [3.05, 3.63) is 46.7 Å². The predicted octanol–water partition coefficient (Wildman–Crippen LogP) is 1.99. The van der Waals surface area contributed by atoms with Crippen LogP contribution in [-0.4, -0.2) is 26.0 Å². The Morgan fingerprint density at radius 1 is 1.47 bits per heavy atom. The summed E-state index contributed by atoms with van der Waals surface area (Å²) in [5, 5.41) is 22.6. The van der Waals surface area contributed by atoms with Crippen molar-refractivity contribution in [3.8, 4) is 5.75 Å². The van der Waals surface area contributed by atoms with Gasteiger partial charge in [0, 0.05) is 5.02 Å². The number of aromatic nitrogens is 2. The molecule has 0 aliphatic carbocycles. The van der Waals surface area contributed by atoms with Crippen molar-refractivity contribution in [2.24, 2.45) is 0 Å². The molecule has 1 heterocycles. The van der Waals surface area contributed by atoms with E-state index in [0.29, 0.717) is 5.02 Å². The highest BCUT2D eigenvalue weighted by Gasteiger charge is 2.17. The molecule has 0 aliphatic heterocycles. The van der Waals surface area contributed by atoms with Gasteiger partial charge in [0.25, 0.3) is 0 Å². The van der Waals surface area contributed by atoms with Crippen molar-refractivity contribution < 1.29 is 15.0 Å². The number of carbonyl (C=O) groups is 1. The first-order chi connectivity index (χ1) is 8.08. The normalized spacial score (nSPS) is 10.4. The van der Waals surface area contributed by atoms with Crippen LogP contribution >= 0.6 is 11.6 Å². The van der Waals surface area contributed by atoms with Gasteiger partial charge >= 0.3 is 5.97 Å². The standard InChI is InChI=1S/C11H9ClN2O3/c12-8-3-1-2-7(4-8)6-14-10(11(16)17)9(15)5-13-14/h1-5,15H,6H2,(H,16,17). The largest absolute Gasteiger partial charge is 0.504 e.